The fourth-order valence-electron chi connectivity index (χ4n) is 2.21. The van der Waals surface area contributed by atoms with E-state index in [0.717, 1.165) is 0 Å². The Balaban J connectivity index is 2.55. The van der Waals surface area contributed by atoms with Gasteiger partial charge in [-0.25, -0.2) is 0 Å². The number of aliphatic carboxylic acids is 1. The maximum atomic E-state index is 12.3. The SMILES string of the molecule is CC(C)C[C@H](NC(=O)CN)C(=O)NCC1(NCC(=O)O)COC1. The van der Waals surface area contributed by atoms with E-state index >= 15 is 0 Å². The molecule has 0 bridgehead atoms. The molecule has 9 nitrogen and oxygen atoms in total. The average molecular weight is 330 g/mol. The second kappa shape index (κ2) is 8.80. The number of carboxylic acids is 1. The molecule has 1 rings (SSSR count). The minimum atomic E-state index is -0.976. The number of hydrogen-bond donors (Lipinski definition) is 5. The summed E-state index contributed by atoms with van der Waals surface area (Å²) in [6.45, 7) is 4.38. The van der Waals surface area contributed by atoms with Gasteiger partial charge in [0.25, 0.3) is 0 Å². The van der Waals surface area contributed by atoms with Crippen molar-refractivity contribution in [2.45, 2.75) is 31.8 Å². The highest BCUT2D eigenvalue weighted by Crippen LogP contribution is 2.16. The highest BCUT2D eigenvalue weighted by molar-refractivity contribution is 5.88. The molecular formula is C14H26N4O5. The van der Waals surface area contributed by atoms with Crippen LogP contribution in [-0.2, 0) is 19.1 Å². The number of nitrogens with two attached hydrogens (primary N) is 1. The predicted molar refractivity (Wildman–Crippen MR) is 82.6 cm³/mol. The van der Waals surface area contributed by atoms with Crippen molar-refractivity contribution in [3.8, 4) is 0 Å². The van der Waals surface area contributed by atoms with Crippen LogP contribution in [0.4, 0.5) is 0 Å². The standard InChI is InChI=1S/C14H26N4O5/c1-9(2)3-10(18-11(19)4-15)13(22)16-6-14(7-23-8-14)17-5-12(20)21/h9-10,17H,3-8,15H2,1-2H3,(H,16,22)(H,18,19)(H,20,21)/t10-/m0/s1. The van der Waals surface area contributed by atoms with Gasteiger partial charge < -0.3 is 26.2 Å². The molecular weight excluding hydrogens is 304 g/mol. The lowest BCUT2D eigenvalue weighted by Crippen LogP contribution is -2.67. The number of ether oxygens (including phenoxy) is 1. The van der Waals surface area contributed by atoms with Crippen molar-refractivity contribution in [1.82, 2.24) is 16.0 Å². The minimum absolute atomic E-state index is 0.181. The molecule has 2 amide bonds. The fourth-order valence-corrected chi connectivity index (χ4v) is 2.21. The van der Waals surface area contributed by atoms with Gasteiger partial charge >= 0.3 is 5.97 Å². The van der Waals surface area contributed by atoms with E-state index in [1.54, 1.807) is 0 Å². The van der Waals surface area contributed by atoms with Gasteiger partial charge in [0.1, 0.15) is 6.04 Å². The van der Waals surface area contributed by atoms with E-state index < -0.39 is 23.5 Å². The number of carbonyl (C=O) groups is 3. The van der Waals surface area contributed by atoms with E-state index in [1.165, 1.54) is 0 Å². The molecule has 132 valence electrons. The third-order valence-corrected chi connectivity index (χ3v) is 3.52. The Bertz CT molecular complexity index is 437. The quantitative estimate of drug-likeness (QED) is 0.313. The van der Waals surface area contributed by atoms with Crippen molar-refractivity contribution in [1.29, 1.82) is 0 Å². The lowest BCUT2D eigenvalue weighted by atomic mass is 9.96. The van der Waals surface area contributed by atoms with Gasteiger partial charge in [-0.1, -0.05) is 13.8 Å². The summed E-state index contributed by atoms with van der Waals surface area (Å²) < 4.78 is 5.12. The van der Waals surface area contributed by atoms with E-state index in [1.807, 2.05) is 13.8 Å². The van der Waals surface area contributed by atoms with Crippen LogP contribution in [0.1, 0.15) is 20.3 Å². The molecule has 1 heterocycles. The summed E-state index contributed by atoms with van der Waals surface area (Å²) in [5, 5.41) is 17.0. The van der Waals surface area contributed by atoms with Crippen LogP contribution in [0.25, 0.3) is 0 Å². The molecule has 23 heavy (non-hydrogen) atoms. The second-order valence-electron chi connectivity index (χ2n) is 6.19. The van der Waals surface area contributed by atoms with E-state index in [2.05, 4.69) is 16.0 Å². The van der Waals surface area contributed by atoms with Crippen molar-refractivity contribution >= 4 is 17.8 Å². The Morgan fingerprint density at radius 2 is 1.96 bits per heavy atom. The average Bonchev–Trinajstić information content (AvgIpc) is 2.43. The summed E-state index contributed by atoms with van der Waals surface area (Å²) in [7, 11) is 0. The number of carboxylic acid groups (broad SMARTS) is 1. The largest absolute Gasteiger partial charge is 0.480 e. The van der Waals surface area contributed by atoms with Crippen molar-refractivity contribution in [2.75, 3.05) is 32.8 Å². The van der Waals surface area contributed by atoms with E-state index in [4.69, 9.17) is 15.6 Å². The molecule has 0 aromatic heterocycles. The normalized spacial score (nSPS) is 17.2. The zero-order valence-corrected chi connectivity index (χ0v) is 13.6. The van der Waals surface area contributed by atoms with Gasteiger partial charge in [0.05, 0.1) is 31.8 Å². The Morgan fingerprint density at radius 1 is 1.30 bits per heavy atom. The number of nitrogens with one attached hydrogen (secondary N) is 3. The highest BCUT2D eigenvalue weighted by Gasteiger charge is 2.39. The molecule has 0 aliphatic carbocycles. The maximum Gasteiger partial charge on any atom is 0.317 e. The molecule has 1 fully saturated rings. The van der Waals surface area contributed by atoms with Crippen LogP contribution in [0, 0.1) is 5.92 Å². The molecule has 1 aliphatic heterocycles. The topological polar surface area (TPSA) is 143 Å². The summed E-state index contributed by atoms with van der Waals surface area (Å²) in [4.78, 5) is 34.4. The summed E-state index contributed by atoms with van der Waals surface area (Å²) in [5.41, 5.74) is 4.69. The second-order valence-corrected chi connectivity index (χ2v) is 6.19. The molecule has 1 atom stereocenters. The number of hydrogen-bond acceptors (Lipinski definition) is 6. The third kappa shape index (κ3) is 6.51. The van der Waals surface area contributed by atoms with Gasteiger partial charge in [0.15, 0.2) is 0 Å². The maximum absolute atomic E-state index is 12.3. The molecule has 0 saturated carbocycles. The minimum Gasteiger partial charge on any atom is -0.480 e. The van der Waals surface area contributed by atoms with Gasteiger partial charge in [-0.3, -0.25) is 19.7 Å². The van der Waals surface area contributed by atoms with Crippen LogP contribution in [0.2, 0.25) is 0 Å². The van der Waals surface area contributed by atoms with Crippen LogP contribution in [0.3, 0.4) is 0 Å². The van der Waals surface area contributed by atoms with Gasteiger partial charge in [-0.05, 0) is 12.3 Å². The molecule has 0 spiro atoms. The Morgan fingerprint density at radius 3 is 2.39 bits per heavy atom. The number of carbonyl (C=O) groups excluding carboxylic acids is 2. The molecule has 1 aliphatic rings. The van der Waals surface area contributed by atoms with Crippen LogP contribution in [0.15, 0.2) is 0 Å². The lowest BCUT2D eigenvalue weighted by Gasteiger charge is -2.42. The van der Waals surface area contributed by atoms with Crippen LogP contribution < -0.4 is 21.7 Å². The predicted octanol–water partition coefficient (Wildman–Crippen LogP) is -1.96. The zero-order valence-electron chi connectivity index (χ0n) is 13.6. The molecule has 0 radical (unpaired) electrons. The van der Waals surface area contributed by atoms with Crippen molar-refractivity contribution < 1.29 is 24.2 Å². The Labute approximate surface area is 135 Å². The monoisotopic (exact) mass is 330 g/mol. The number of amides is 2. The van der Waals surface area contributed by atoms with E-state index in [9.17, 15) is 14.4 Å². The summed E-state index contributed by atoms with van der Waals surface area (Å²) in [6, 6.07) is -0.663. The summed E-state index contributed by atoms with van der Waals surface area (Å²) >= 11 is 0. The van der Waals surface area contributed by atoms with Gasteiger partial charge in [0.2, 0.25) is 11.8 Å². The summed E-state index contributed by atoms with van der Waals surface area (Å²) in [5.74, 6) is -1.47. The van der Waals surface area contributed by atoms with Gasteiger partial charge in [-0.15, -0.1) is 0 Å². The molecule has 0 aromatic carbocycles. The fraction of sp³-hybridized carbons (Fsp3) is 0.786. The Hall–Kier alpha value is -1.71. The van der Waals surface area contributed by atoms with Crippen LogP contribution >= 0.6 is 0 Å². The van der Waals surface area contributed by atoms with Crippen LogP contribution in [-0.4, -0.2) is 67.3 Å². The number of rotatable bonds is 10. The first-order chi connectivity index (χ1) is 10.8. The van der Waals surface area contributed by atoms with E-state index in [0.29, 0.717) is 19.6 Å². The first-order valence-corrected chi connectivity index (χ1v) is 7.59. The third-order valence-electron chi connectivity index (χ3n) is 3.52. The van der Waals surface area contributed by atoms with Crippen molar-refractivity contribution in [3.63, 3.8) is 0 Å². The van der Waals surface area contributed by atoms with E-state index in [-0.39, 0.29) is 31.5 Å². The van der Waals surface area contributed by atoms with Gasteiger partial charge in [-0.2, -0.15) is 0 Å². The highest BCUT2D eigenvalue weighted by atomic mass is 16.5. The lowest BCUT2D eigenvalue weighted by molar-refractivity contribution is -0.138. The van der Waals surface area contributed by atoms with Crippen molar-refractivity contribution in [2.24, 2.45) is 11.7 Å². The molecule has 1 saturated heterocycles. The van der Waals surface area contributed by atoms with Crippen LogP contribution in [0.5, 0.6) is 0 Å². The first kappa shape index (κ1) is 19.3. The smallest absolute Gasteiger partial charge is 0.317 e. The zero-order chi connectivity index (χ0) is 17.5. The molecule has 0 unspecified atom stereocenters. The Kier molecular flexibility index (Phi) is 7.40. The summed E-state index contributed by atoms with van der Waals surface area (Å²) in [6.07, 6.45) is 0.490. The van der Waals surface area contributed by atoms with Crippen molar-refractivity contribution in [3.05, 3.63) is 0 Å². The molecule has 6 N–H and O–H groups in total. The molecule has 0 aromatic rings. The molecule has 9 heteroatoms. The van der Waals surface area contributed by atoms with Gasteiger partial charge in [0, 0.05) is 6.54 Å². The first-order valence-electron chi connectivity index (χ1n) is 7.59.